The number of rotatable bonds is 5. The highest BCUT2D eigenvalue weighted by atomic mass is 127. The SMILES string of the molecule is Ic1ccccc1CN1C[C@@H]2CCCN2[C@H](C(c2ccccc2)c2ccccc2)C1. The zero-order valence-corrected chi connectivity index (χ0v) is 19.5. The smallest absolute Gasteiger partial charge is 0.0336 e. The van der Waals surface area contributed by atoms with Crippen molar-refractivity contribution in [2.24, 2.45) is 0 Å². The third-order valence-corrected chi connectivity index (χ3v) is 7.87. The molecule has 0 bridgehead atoms. The molecule has 30 heavy (non-hydrogen) atoms. The van der Waals surface area contributed by atoms with E-state index in [1.54, 1.807) is 0 Å². The Bertz CT molecular complexity index is 919. The van der Waals surface area contributed by atoms with E-state index in [4.69, 9.17) is 0 Å². The van der Waals surface area contributed by atoms with Gasteiger partial charge < -0.3 is 0 Å². The second-order valence-corrected chi connectivity index (χ2v) is 9.85. The van der Waals surface area contributed by atoms with Crippen LogP contribution >= 0.6 is 22.6 Å². The van der Waals surface area contributed by atoms with Crippen LogP contribution < -0.4 is 0 Å². The fourth-order valence-electron chi connectivity index (χ4n) is 5.48. The Hall–Kier alpha value is -1.69. The Labute approximate surface area is 194 Å². The summed E-state index contributed by atoms with van der Waals surface area (Å²) in [6.07, 6.45) is 2.66. The lowest BCUT2D eigenvalue weighted by atomic mass is 9.82. The summed E-state index contributed by atoms with van der Waals surface area (Å²) in [6, 6.07) is 32.4. The minimum Gasteiger partial charge on any atom is -0.296 e. The molecule has 0 amide bonds. The summed E-state index contributed by atoms with van der Waals surface area (Å²) in [7, 11) is 0. The van der Waals surface area contributed by atoms with Crippen LogP contribution in [0.4, 0.5) is 0 Å². The molecular formula is C27H29IN2. The van der Waals surface area contributed by atoms with Crippen LogP contribution in [0.3, 0.4) is 0 Å². The maximum Gasteiger partial charge on any atom is 0.0336 e. The maximum atomic E-state index is 2.83. The first-order valence-corrected chi connectivity index (χ1v) is 12.2. The van der Waals surface area contributed by atoms with Crippen molar-refractivity contribution in [3.63, 3.8) is 0 Å². The van der Waals surface area contributed by atoms with Gasteiger partial charge in [0.25, 0.3) is 0 Å². The second-order valence-electron chi connectivity index (χ2n) is 8.69. The van der Waals surface area contributed by atoms with Gasteiger partial charge in [0, 0.05) is 41.2 Å². The Morgan fingerprint density at radius 2 is 1.43 bits per heavy atom. The molecule has 3 aromatic carbocycles. The molecule has 0 N–H and O–H groups in total. The fourth-order valence-corrected chi connectivity index (χ4v) is 6.04. The molecule has 3 heteroatoms. The van der Waals surface area contributed by atoms with Crippen LogP contribution in [0.15, 0.2) is 84.9 Å². The molecule has 2 aliphatic heterocycles. The van der Waals surface area contributed by atoms with E-state index in [9.17, 15) is 0 Å². The predicted molar refractivity (Wildman–Crippen MR) is 133 cm³/mol. The molecule has 0 saturated carbocycles. The molecule has 0 aliphatic carbocycles. The van der Waals surface area contributed by atoms with Gasteiger partial charge >= 0.3 is 0 Å². The van der Waals surface area contributed by atoms with Crippen molar-refractivity contribution in [3.05, 3.63) is 105 Å². The van der Waals surface area contributed by atoms with Crippen LogP contribution in [0.1, 0.15) is 35.4 Å². The highest BCUT2D eigenvalue weighted by Crippen LogP contribution is 2.38. The van der Waals surface area contributed by atoms with E-state index in [0.717, 1.165) is 13.1 Å². The van der Waals surface area contributed by atoms with Crippen molar-refractivity contribution in [1.82, 2.24) is 9.80 Å². The molecule has 2 aliphatic rings. The first kappa shape index (κ1) is 20.2. The van der Waals surface area contributed by atoms with E-state index in [1.807, 2.05) is 0 Å². The van der Waals surface area contributed by atoms with Crippen LogP contribution in [0.5, 0.6) is 0 Å². The third-order valence-electron chi connectivity index (χ3n) is 6.82. The number of halogens is 1. The zero-order chi connectivity index (χ0) is 20.3. The summed E-state index contributed by atoms with van der Waals surface area (Å²) in [5.74, 6) is 0.408. The summed E-state index contributed by atoms with van der Waals surface area (Å²) < 4.78 is 1.38. The fraction of sp³-hybridized carbons (Fsp3) is 0.333. The van der Waals surface area contributed by atoms with Crippen LogP contribution in [0.2, 0.25) is 0 Å². The molecule has 0 radical (unpaired) electrons. The quantitative estimate of drug-likeness (QED) is 0.404. The lowest BCUT2D eigenvalue weighted by Crippen LogP contribution is -2.57. The average Bonchev–Trinajstić information content (AvgIpc) is 3.26. The van der Waals surface area contributed by atoms with Crippen molar-refractivity contribution in [3.8, 4) is 0 Å². The van der Waals surface area contributed by atoms with Crippen molar-refractivity contribution in [1.29, 1.82) is 0 Å². The van der Waals surface area contributed by atoms with E-state index in [2.05, 4.69) is 117 Å². The van der Waals surface area contributed by atoms with Crippen molar-refractivity contribution in [2.45, 2.75) is 37.4 Å². The Morgan fingerprint density at radius 1 is 0.800 bits per heavy atom. The first-order chi connectivity index (χ1) is 14.8. The van der Waals surface area contributed by atoms with Gasteiger partial charge in [-0.15, -0.1) is 0 Å². The van der Waals surface area contributed by atoms with Gasteiger partial charge in [-0.05, 0) is 64.7 Å². The Morgan fingerprint density at radius 3 is 2.10 bits per heavy atom. The average molecular weight is 508 g/mol. The number of hydrogen-bond acceptors (Lipinski definition) is 2. The largest absolute Gasteiger partial charge is 0.296 e. The van der Waals surface area contributed by atoms with Gasteiger partial charge in [0.15, 0.2) is 0 Å². The van der Waals surface area contributed by atoms with Crippen molar-refractivity contribution < 1.29 is 0 Å². The molecule has 5 rings (SSSR count). The summed E-state index contributed by atoms with van der Waals surface area (Å²) in [5.41, 5.74) is 4.34. The van der Waals surface area contributed by atoms with E-state index in [1.165, 1.54) is 46.2 Å². The molecular weight excluding hydrogens is 479 g/mol. The Balaban J connectivity index is 1.49. The minimum atomic E-state index is 0.408. The van der Waals surface area contributed by atoms with Crippen molar-refractivity contribution in [2.75, 3.05) is 19.6 Å². The first-order valence-electron chi connectivity index (χ1n) is 11.1. The molecule has 0 unspecified atom stereocenters. The molecule has 2 atom stereocenters. The summed E-state index contributed by atoms with van der Waals surface area (Å²) >= 11 is 2.49. The molecule has 2 saturated heterocycles. The van der Waals surface area contributed by atoms with Gasteiger partial charge in [-0.1, -0.05) is 78.9 Å². The summed E-state index contributed by atoms with van der Waals surface area (Å²) in [4.78, 5) is 5.55. The third kappa shape index (κ3) is 4.20. The lowest BCUT2D eigenvalue weighted by Gasteiger charge is -2.47. The number of piperazine rings is 1. The molecule has 0 spiro atoms. The van der Waals surface area contributed by atoms with E-state index in [-0.39, 0.29) is 0 Å². The lowest BCUT2D eigenvalue weighted by molar-refractivity contribution is 0.0383. The highest BCUT2D eigenvalue weighted by Gasteiger charge is 2.41. The number of benzene rings is 3. The second kappa shape index (κ2) is 9.21. The van der Waals surface area contributed by atoms with Gasteiger partial charge in [0.05, 0.1) is 0 Å². The number of fused-ring (bicyclic) bond motifs is 1. The topological polar surface area (TPSA) is 6.48 Å². The van der Waals surface area contributed by atoms with Crippen LogP contribution in [-0.4, -0.2) is 41.5 Å². The highest BCUT2D eigenvalue weighted by molar-refractivity contribution is 14.1. The molecule has 2 heterocycles. The summed E-state index contributed by atoms with van der Waals surface area (Å²) in [5, 5.41) is 0. The standard InChI is InChI=1S/C27H29IN2/c28-25-16-8-7-14-23(25)18-29-19-24-15-9-17-30(24)26(20-29)27(21-10-3-1-4-11-21)22-12-5-2-6-13-22/h1-8,10-14,16,24,26-27H,9,15,17-20H2/t24-,26-/m0/s1. The van der Waals surface area contributed by atoms with E-state index < -0.39 is 0 Å². The van der Waals surface area contributed by atoms with Gasteiger partial charge in [0.1, 0.15) is 0 Å². The minimum absolute atomic E-state index is 0.408. The van der Waals surface area contributed by atoms with Crippen LogP contribution in [0, 0.1) is 3.57 Å². The van der Waals surface area contributed by atoms with Gasteiger partial charge in [-0.3, -0.25) is 9.80 Å². The normalized spacial score (nSPS) is 22.3. The molecule has 0 aromatic heterocycles. The molecule has 154 valence electrons. The zero-order valence-electron chi connectivity index (χ0n) is 17.3. The molecule has 2 nitrogen and oxygen atoms in total. The van der Waals surface area contributed by atoms with Gasteiger partial charge in [0.2, 0.25) is 0 Å². The van der Waals surface area contributed by atoms with Crippen LogP contribution in [0.25, 0.3) is 0 Å². The van der Waals surface area contributed by atoms with Crippen molar-refractivity contribution >= 4 is 22.6 Å². The summed E-state index contributed by atoms with van der Waals surface area (Å²) in [6.45, 7) is 4.60. The van der Waals surface area contributed by atoms with E-state index in [0.29, 0.717) is 18.0 Å². The Kier molecular flexibility index (Phi) is 6.21. The maximum absolute atomic E-state index is 2.83. The molecule has 3 aromatic rings. The number of nitrogens with zero attached hydrogens (tertiary/aromatic N) is 2. The number of hydrogen-bond donors (Lipinski definition) is 0. The van der Waals surface area contributed by atoms with Crippen LogP contribution in [-0.2, 0) is 6.54 Å². The van der Waals surface area contributed by atoms with E-state index >= 15 is 0 Å². The van der Waals surface area contributed by atoms with Gasteiger partial charge in [-0.25, -0.2) is 0 Å². The predicted octanol–water partition coefficient (Wildman–Crippen LogP) is 5.77. The molecule has 2 fully saturated rings. The monoisotopic (exact) mass is 508 g/mol. The van der Waals surface area contributed by atoms with Gasteiger partial charge in [-0.2, -0.15) is 0 Å².